The van der Waals surface area contributed by atoms with Crippen LogP contribution in [0.4, 0.5) is 10.6 Å². The van der Waals surface area contributed by atoms with Crippen molar-refractivity contribution in [3.05, 3.63) is 11.3 Å². The first-order valence-electron chi connectivity index (χ1n) is 8.61. The lowest BCUT2D eigenvalue weighted by Gasteiger charge is -2.23. The number of rotatable bonds is 2. The van der Waals surface area contributed by atoms with Gasteiger partial charge in [-0.2, -0.15) is 9.97 Å². The fourth-order valence-corrected chi connectivity index (χ4v) is 3.56. The van der Waals surface area contributed by atoms with Crippen LogP contribution in [0.3, 0.4) is 0 Å². The fraction of sp³-hybridized carbons (Fsp3) is 0.647. The Kier molecular flexibility index (Phi) is 4.87. The quantitative estimate of drug-likeness (QED) is 0.571. The normalized spacial score (nSPS) is 21.2. The molecule has 2 aliphatic rings. The van der Waals surface area contributed by atoms with Gasteiger partial charge in [-0.3, -0.25) is 4.79 Å². The minimum Gasteiger partial charge on any atom is -0.609 e. The molecule has 0 aromatic carbocycles. The molecule has 1 aromatic rings. The predicted molar refractivity (Wildman–Crippen MR) is 96.5 cm³/mol. The van der Waals surface area contributed by atoms with Crippen molar-refractivity contribution in [2.75, 3.05) is 24.2 Å². The summed E-state index contributed by atoms with van der Waals surface area (Å²) in [5, 5.41) is 0.178. The predicted octanol–water partition coefficient (Wildman–Crippen LogP) is 1.95. The van der Waals surface area contributed by atoms with Gasteiger partial charge in [0, 0.05) is 24.3 Å². The number of amides is 2. The molecular weight excluding hydrogens is 356 g/mol. The SMILES string of the molecule is CC1CCN(c2nc([S+](C)[O-])nc3c2C(=O)N(C(=O)OC(C)(C)C)C3)C1. The largest absolute Gasteiger partial charge is 0.609 e. The van der Waals surface area contributed by atoms with E-state index in [2.05, 4.69) is 16.9 Å². The van der Waals surface area contributed by atoms with Crippen molar-refractivity contribution in [3.8, 4) is 0 Å². The minimum absolute atomic E-state index is 0.00614. The number of ether oxygens (including phenoxy) is 1. The molecule has 0 aliphatic carbocycles. The van der Waals surface area contributed by atoms with Gasteiger partial charge in [0.15, 0.2) is 0 Å². The van der Waals surface area contributed by atoms with E-state index in [1.807, 2.05) is 4.90 Å². The van der Waals surface area contributed by atoms with Crippen LogP contribution >= 0.6 is 0 Å². The summed E-state index contributed by atoms with van der Waals surface area (Å²) >= 11 is -1.38. The number of carbonyl (C=O) groups is 2. The molecule has 0 spiro atoms. The summed E-state index contributed by atoms with van der Waals surface area (Å²) in [4.78, 5) is 37.0. The molecule has 0 N–H and O–H groups in total. The van der Waals surface area contributed by atoms with E-state index in [-0.39, 0.29) is 11.7 Å². The molecule has 0 radical (unpaired) electrons. The molecule has 2 atom stereocenters. The summed E-state index contributed by atoms with van der Waals surface area (Å²) in [6, 6.07) is 0. The van der Waals surface area contributed by atoms with Crippen molar-refractivity contribution in [1.29, 1.82) is 0 Å². The van der Waals surface area contributed by atoms with Crippen LogP contribution in [0.5, 0.6) is 0 Å². The molecule has 1 fully saturated rings. The van der Waals surface area contributed by atoms with Gasteiger partial charge in [-0.1, -0.05) is 6.92 Å². The molecule has 1 saturated heterocycles. The van der Waals surface area contributed by atoms with Crippen LogP contribution in [-0.4, -0.2) is 56.4 Å². The summed E-state index contributed by atoms with van der Waals surface area (Å²) in [7, 11) is 0. The maximum absolute atomic E-state index is 12.9. The molecule has 26 heavy (non-hydrogen) atoms. The molecule has 8 nitrogen and oxygen atoms in total. The summed E-state index contributed by atoms with van der Waals surface area (Å²) in [5.41, 5.74) is 0.0379. The summed E-state index contributed by atoms with van der Waals surface area (Å²) in [5.74, 6) is 0.493. The molecule has 1 aromatic heterocycles. The van der Waals surface area contributed by atoms with Crippen molar-refractivity contribution in [2.45, 2.75) is 51.4 Å². The monoisotopic (exact) mass is 380 g/mol. The highest BCUT2D eigenvalue weighted by molar-refractivity contribution is 7.90. The van der Waals surface area contributed by atoms with E-state index in [0.29, 0.717) is 23.0 Å². The number of imide groups is 1. The van der Waals surface area contributed by atoms with E-state index in [1.54, 1.807) is 20.8 Å². The van der Waals surface area contributed by atoms with Crippen LogP contribution in [0.1, 0.15) is 50.2 Å². The lowest BCUT2D eigenvalue weighted by Crippen LogP contribution is -2.37. The van der Waals surface area contributed by atoms with Crippen molar-refractivity contribution < 1.29 is 18.9 Å². The Morgan fingerprint density at radius 3 is 2.58 bits per heavy atom. The maximum atomic E-state index is 12.9. The van der Waals surface area contributed by atoms with Gasteiger partial charge in [-0.05, 0) is 33.1 Å². The highest BCUT2D eigenvalue weighted by Crippen LogP contribution is 2.33. The second-order valence-electron chi connectivity index (χ2n) is 7.82. The highest BCUT2D eigenvalue weighted by atomic mass is 32.2. The van der Waals surface area contributed by atoms with Crippen LogP contribution in [0.25, 0.3) is 0 Å². The smallest absolute Gasteiger partial charge is 0.417 e. The Hall–Kier alpha value is -1.87. The number of anilines is 1. The maximum Gasteiger partial charge on any atom is 0.417 e. The van der Waals surface area contributed by atoms with Crippen LogP contribution in [0.2, 0.25) is 0 Å². The standard InChI is InChI=1S/C17H24N4O4S/c1-10-6-7-20(8-10)13-12-11(18-15(19-13)26(5)24)9-21(14(12)22)16(23)25-17(2,3)4/h10H,6-9H2,1-5H3. The Bertz CT molecular complexity index is 747. The van der Waals surface area contributed by atoms with Gasteiger partial charge in [0.1, 0.15) is 23.2 Å². The molecule has 142 valence electrons. The topological polar surface area (TPSA) is 98.7 Å². The lowest BCUT2D eigenvalue weighted by atomic mass is 10.2. The molecule has 0 bridgehead atoms. The van der Waals surface area contributed by atoms with Gasteiger partial charge < -0.3 is 14.2 Å². The van der Waals surface area contributed by atoms with Crippen molar-refractivity contribution >= 4 is 29.0 Å². The second-order valence-corrected chi connectivity index (χ2v) is 9.09. The molecule has 2 aliphatic heterocycles. The Balaban J connectivity index is 1.98. The van der Waals surface area contributed by atoms with Gasteiger partial charge in [0.05, 0.1) is 12.2 Å². The first-order chi connectivity index (χ1) is 12.1. The Morgan fingerprint density at radius 2 is 2.04 bits per heavy atom. The fourth-order valence-electron chi connectivity index (χ4n) is 3.11. The third-order valence-electron chi connectivity index (χ3n) is 4.31. The van der Waals surface area contributed by atoms with E-state index in [4.69, 9.17) is 4.74 Å². The van der Waals surface area contributed by atoms with Crippen LogP contribution < -0.4 is 4.90 Å². The van der Waals surface area contributed by atoms with E-state index < -0.39 is 28.8 Å². The molecule has 2 unspecified atom stereocenters. The van der Waals surface area contributed by atoms with Crippen LogP contribution in [0, 0.1) is 5.92 Å². The van der Waals surface area contributed by atoms with Crippen molar-refractivity contribution in [2.24, 2.45) is 5.92 Å². The van der Waals surface area contributed by atoms with Gasteiger partial charge in [0.2, 0.25) is 0 Å². The van der Waals surface area contributed by atoms with E-state index in [9.17, 15) is 14.1 Å². The number of hydrogen-bond donors (Lipinski definition) is 0. The van der Waals surface area contributed by atoms with Crippen molar-refractivity contribution in [3.63, 3.8) is 0 Å². The average molecular weight is 380 g/mol. The van der Waals surface area contributed by atoms with Crippen LogP contribution in [-0.2, 0) is 22.5 Å². The number of hydrogen-bond acceptors (Lipinski definition) is 7. The van der Waals surface area contributed by atoms with Crippen LogP contribution in [0.15, 0.2) is 5.16 Å². The van der Waals surface area contributed by atoms with Gasteiger partial charge in [-0.15, -0.1) is 0 Å². The summed E-state index contributed by atoms with van der Waals surface area (Å²) < 4.78 is 17.3. The number of carbonyl (C=O) groups excluding carboxylic acids is 2. The third-order valence-corrected chi connectivity index (χ3v) is 5.00. The molecule has 2 amide bonds. The number of fused-ring (bicyclic) bond motifs is 1. The average Bonchev–Trinajstić information content (AvgIpc) is 3.09. The zero-order chi connectivity index (χ0) is 19.2. The molecule has 3 rings (SSSR count). The van der Waals surface area contributed by atoms with Crippen molar-refractivity contribution in [1.82, 2.24) is 14.9 Å². The summed E-state index contributed by atoms with van der Waals surface area (Å²) in [6.07, 6.45) is 1.79. The lowest BCUT2D eigenvalue weighted by molar-refractivity contribution is 0.0247. The molecule has 9 heteroatoms. The van der Waals surface area contributed by atoms with Gasteiger partial charge in [-0.25, -0.2) is 9.69 Å². The Labute approximate surface area is 156 Å². The van der Waals surface area contributed by atoms with Gasteiger partial charge in [0.25, 0.3) is 5.91 Å². The van der Waals surface area contributed by atoms with E-state index >= 15 is 0 Å². The van der Waals surface area contributed by atoms with E-state index in [1.165, 1.54) is 6.26 Å². The first-order valence-corrected chi connectivity index (χ1v) is 10.2. The first kappa shape index (κ1) is 18.9. The molecule has 3 heterocycles. The minimum atomic E-state index is -1.38. The third kappa shape index (κ3) is 3.64. The van der Waals surface area contributed by atoms with Gasteiger partial charge >= 0.3 is 11.2 Å². The summed E-state index contributed by atoms with van der Waals surface area (Å²) in [6.45, 7) is 8.90. The molecule has 0 saturated carbocycles. The number of aromatic nitrogens is 2. The second kappa shape index (κ2) is 6.70. The number of nitrogens with zero attached hydrogens (tertiary/aromatic N) is 4. The molecular formula is C17H24N4O4S. The zero-order valence-corrected chi connectivity index (χ0v) is 16.6. The van der Waals surface area contributed by atoms with E-state index in [0.717, 1.165) is 24.4 Å². The zero-order valence-electron chi connectivity index (χ0n) is 15.7. The Morgan fingerprint density at radius 1 is 1.35 bits per heavy atom. The highest BCUT2D eigenvalue weighted by Gasteiger charge is 2.41.